The van der Waals surface area contributed by atoms with Crippen molar-refractivity contribution in [2.45, 2.75) is 26.3 Å². The molecular weight excluding hydrogens is 200 g/mol. The smallest absolute Gasteiger partial charge is 0.326 e. The monoisotopic (exact) mass is 212 g/mol. The third-order valence-corrected chi connectivity index (χ3v) is 1.82. The Hall–Kier alpha value is -1.85. The first kappa shape index (κ1) is 11.2. The van der Waals surface area contributed by atoms with Gasteiger partial charge in [-0.1, -0.05) is 6.92 Å². The second-order valence-corrected chi connectivity index (χ2v) is 3.07. The van der Waals surface area contributed by atoms with Crippen LogP contribution in [0.2, 0.25) is 0 Å². The molecule has 82 valence electrons. The van der Waals surface area contributed by atoms with Crippen molar-refractivity contribution in [2.75, 3.05) is 0 Å². The summed E-state index contributed by atoms with van der Waals surface area (Å²) in [6.45, 7) is 3.34. The summed E-state index contributed by atoms with van der Waals surface area (Å²) in [5.41, 5.74) is 0.573. The van der Waals surface area contributed by atoms with Crippen molar-refractivity contribution >= 4 is 11.9 Å². The number of carboxylic acids is 1. The maximum absolute atomic E-state index is 11.4. The van der Waals surface area contributed by atoms with Crippen LogP contribution in [-0.4, -0.2) is 28.0 Å². The van der Waals surface area contributed by atoms with Crippen LogP contribution in [0.25, 0.3) is 0 Å². The van der Waals surface area contributed by atoms with Crippen LogP contribution in [0.5, 0.6) is 0 Å². The van der Waals surface area contributed by atoms with Crippen molar-refractivity contribution in [3.63, 3.8) is 0 Å². The van der Waals surface area contributed by atoms with Crippen LogP contribution in [0.15, 0.2) is 10.7 Å². The Balaban J connectivity index is 2.66. The van der Waals surface area contributed by atoms with E-state index in [2.05, 4.69) is 10.3 Å². The number of nitrogens with one attached hydrogen (secondary N) is 1. The molecule has 2 N–H and O–H groups in total. The van der Waals surface area contributed by atoms with Crippen molar-refractivity contribution in [2.24, 2.45) is 0 Å². The number of aryl methyl sites for hydroxylation is 1. The molecule has 0 bridgehead atoms. The molecule has 1 heterocycles. The maximum Gasteiger partial charge on any atom is 0.326 e. The number of aromatic nitrogens is 1. The number of amides is 1. The van der Waals surface area contributed by atoms with E-state index in [4.69, 9.17) is 9.52 Å². The van der Waals surface area contributed by atoms with E-state index in [0.29, 0.717) is 12.1 Å². The molecule has 1 aromatic heterocycles. The molecule has 0 radical (unpaired) electrons. The normalized spacial score (nSPS) is 12.1. The van der Waals surface area contributed by atoms with E-state index in [1.54, 1.807) is 13.8 Å². The summed E-state index contributed by atoms with van der Waals surface area (Å²) in [5, 5.41) is 11.0. The van der Waals surface area contributed by atoms with Crippen molar-refractivity contribution < 1.29 is 19.1 Å². The van der Waals surface area contributed by atoms with Crippen LogP contribution in [0.1, 0.15) is 29.7 Å². The molecule has 0 aliphatic carbocycles. The van der Waals surface area contributed by atoms with Crippen LogP contribution in [0.3, 0.4) is 0 Å². The van der Waals surface area contributed by atoms with E-state index in [0.717, 1.165) is 0 Å². The van der Waals surface area contributed by atoms with E-state index in [1.807, 2.05) is 0 Å². The molecule has 0 spiro atoms. The average molecular weight is 212 g/mol. The van der Waals surface area contributed by atoms with Crippen LogP contribution in [0, 0.1) is 6.92 Å². The highest BCUT2D eigenvalue weighted by molar-refractivity contribution is 5.92. The number of hydrogen-bond acceptors (Lipinski definition) is 4. The van der Waals surface area contributed by atoms with Gasteiger partial charge in [0, 0.05) is 0 Å². The number of nitrogens with zero attached hydrogens (tertiary/aromatic N) is 1. The van der Waals surface area contributed by atoms with Gasteiger partial charge in [0.1, 0.15) is 12.3 Å². The fraction of sp³-hybridized carbons (Fsp3) is 0.444. The topological polar surface area (TPSA) is 92.4 Å². The number of carbonyl (C=O) groups is 2. The lowest BCUT2D eigenvalue weighted by molar-refractivity contribution is -0.139. The molecular formula is C9H12N2O4. The lowest BCUT2D eigenvalue weighted by Crippen LogP contribution is -2.40. The predicted octanol–water partition coefficient (Wildman–Crippen LogP) is 0.576. The van der Waals surface area contributed by atoms with Gasteiger partial charge in [-0.25, -0.2) is 9.78 Å². The number of carbonyl (C=O) groups excluding carboxylic acids is 1. The van der Waals surface area contributed by atoms with Crippen molar-refractivity contribution in [3.8, 4) is 0 Å². The van der Waals surface area contributed by atoms with Gasteiger partial charge in [-0.3, -0.25) is 4.79 Å². The van der Waals surface area contributed by atoms with Gasteiger partial charge in [0.2, 0.25) is 0 Å². The average Bonchev–Trinajstić information content (AvgIpc) is 2.60. The molecule has 0 saturated carbocycles. The third-order valence-electron chi connectivity index (χ3n) is 1.82. The van der Waals surface area contributed by atoms with Crippen LogP contribution in [0.4, 0.5) is 0 Å². The minimum Gasteiger partial charge on any atom is -0.480 e. The minimum absolute atomic E-state index is 0.118. The summed E-state index contributed by atoms with van der Waals surface area (Å²) in [6.07, 6.45) is 1.64. The Morgan fingerprint density at radius 1 is 1.67 bits per heavy atom. The van der Waals surface area contributed by atoms with E-state index >= 15 is 0 Å². The van der Waals surface area contributed by atoms with Gasteiger partial charge in [0.05, 0.1) is 5.69 Å². The molecule has 0 aromatic carbocycles. The molecule has 1 rings (SSSR count). The lowest BCUT2D eigenvalue weighted by Gasteiger charge is -2.09. The Labute approximate surface area is 86.3 Å². The zero-order valence-electron chi connectivity index (χ0n) is 8.48. The van der Waals surface area contributed by atoms with Gasteiger partial charge in [0.25, 0.3) is 5.89 Å². The molecule has 0 aliphatic rings. The van der Waals surface area contributed by atoms with Gasteiger partial charge >= 0.3 is 11.9 Å². The fourth-order valence-corrected chi connectivity index (χ4v) is 1.02. The molecule has 0 fully saturated rings. The lowest BCUT2D eigenvalue weighted by atomic mass is 10.2. The van der Waals surface area contributed by atoms with Crippen molar-refractivity contribution in [1.29, 1.82) is 0 Å². The molecule has 1 atom stereocenters. The highest BCUT2D eigenvalue weighted by Crippen LogP contribution is 2.01. The molecule has 0 aliphatic heterocycles. The summed E-state index contributed by atoms with van der Waals surface area (Å²) >= 11 is 0. The summed E-state index contributed by atoms with van der Waals surface area (Å²) in [4.78, 5) is 25.8. The zero-order valence-corrected chi connectivity index (χ0v) is 8.48. The number of rotatable bonds is 4. The Morgan fingerprint density at radius 3 is 2.73 bits per heavy atom. The van der Waals surface area contributed by atoms with E-state index in [1.165, 1.54) is 6.26 Å². The van der Waals surface area contributed by atoms with Gasteiger partial charge in [-0.05, 0) is 13.3 Å². The highest BCUT2D eigenvalue weighted by atomic mass is 16.4. The van der Waals surface area contributed by atoms with Crippen LogP contribution >= 0.6 is 0 Å². The second-order valence-electron chi connectivity index (χ2n) is 3.07. The number of oxazole rings is 1. The Bertz CT molecular complexity index is 372. The molecule has 1 aromatic rings. The summed E-state index contributed by atoms with van der Waals surface area (Å²) in [7, 11) is 0. The first-order valence-corrected chi connectivity index (χ1v) is 4.50. The Kier molecular flexibility index (Phi) is 3.43. The van der Waals surface area contributed by atoms with E-state index in [-0.39, 0.29) is 5.89 Å². The second kappa shape index (κ2) is 4.59. The van der Waals surface area contributed by atoms with E-state index in [9.17, 15) is 9.59 Å². The molecule has 1 amide bonds. The summed E-state index contributed by atoms with van der Waals surface area (Å²) < 4.78 is 4.84. The van der Waals surface area contributed by atoms with Crippen molar-refractivity contribution in [1.82, 2.24) is 10.3 Å². The largest absolute Gasteiger partial charge is 0.480 e. The number of carboxylic acid groups (broad SMARTS) is 1. The van der Waals surface area contributed by atoms with Crippen LogP contribution in [-0.2, 0) is 4.79 Å². The first-order chi connectivity index (χ1) is 7.04. The highest BCUT2D eigenvalue weighted by Gasteiger charge is 2.21. The zero-order chi connectivity index (χ0) is 11.4. The Morgan fingerprint density at radius 2 is 2.33 bits per heavy atom. The third kappa shape index (κ3) is 2.80. The SMILES string of the molecule is CCC(NC(=O)c1nc(C)co1)C(=O)O. The van der Waals surface area contributed by atoms with Gasteiger partial charge in [-0.15, -0.1) is 0 Å². The standard InChI is InChI=1S/C9H12N2O4/c1-3-6(9(13)14)11-7(12)8-10-5(2)4-15-8/h4,6H,3H2,1-2H3,(H,11,12)(H,13,14). The number of hydrogen-bond donors (Lipinski definition) is 2. The quantitative estimate of drug-likeness (QED) is 0.761. The van der Waals surface area contributed by atoms with Crippen molar-refractivity contribution in [3.05, 3.63) is 17.8 Å². The molecule has 6 heteroatoms. The first-order valence-electron chi connectivity index (χ1n) is 4.50. The van der Waals surface area contributed by atoms with E-state index < -0.39 is 17.9 Å². The van der Waals surface area contributed by atoms with Gasteiger partial charge in [0.15, 0.2) is 0 Å². The van der Waals surface area contributed by atoms with Gasteiger partial charge in [-0.2, -0.15) is 0 Å². The van der Waals surface area contributed by atoms with Crippen LogP contribution < -0.4 is 5.32 Å². The summed E-state index contributed by atoms with van der Waals surface area (Å²) in [5.74, 6) is -1.81. The number of aliphatic carboxylic acids is 1. The maximum atomic E-state index is 11.4. The summed E-state index contributed by atoms with van der Waals surface area (Å²) in [6, 6.07) is -0.912. The molecule has 1 unspecified atom stereocenters. The fourth-order valence-electron chi connectivity index (χ4n) is 1.02. The molecule has 6 nitrogen and oxygen atoms in total. The minimum atomic E-state index is -1.07. The molecule has 15 heavy (non-hydrogen) atoms. The predicted molar refractivity (Wildman–Crippen MR) is 50.4 cm³/mol. The molecule has 0 saturated heterocycles. The van der Waals surface area contributed by atoms with Gasteiger partial charge < -0.3 is 14.8 Å².